The van der Waals surface area contributed by atoms with Crippen LogP contribution in [0.25, 0.3) is 21.6 Å². The number of aryl methyl sites for hydroxylation is 2. The Bertz CT molecular complexity index is 1300. The van der Waals surface area contributed by atoms with Gasteiger partial charge in [0.05, 0.1) is 5.39 Å². The van der Waals surface area contributed by atoms with E-state index < -0.39 is 10.1 Å². The normalized spacial score (nSPS) is 14.3. The Morgan fingerprint density at radius 3 is 2.47 bits per heavy atom. The zero-order valence-corrected chi connectivity index (χ0v) is 17.7. The molecule has 0 aliphatic heterocycles. The van der Waals surface area contributed by atoms with Crippen molar-refractivity contribution in [1.82, 2.24) is 15.0 Å². The number of benzene rings is 1. The number of hydrogen-bond donors (Lipinski definition) is 0. The van der Waals surface area contributed by atoms with Gasteiger partial charge in [-0.15, -0.1) is 11.3 Å². The molecule has 5 rings (SSSR count). The molecule has 0 radical (unpaired) electrons. The summed E-state index contributed by atoms with van der Waals surface area (Å²) < 4.78 is 31.6. The molecular formula is C22H19N3O3S2. The van der Waals surface area contributed by atoms with E-state index in [2.05, 4.69) is 9.97 Å². The van der Waals surface area contributed by atoms with Crippen LogP contribution in [0.4, 0.5) is 0 Å². The number of hydrogen-bond acceptors (Lipinski definition) is 7. The minimum Gasteiger partial charge on any atom is -0.357 e. The minimum absolute atomic E-state index is 0.101. The van der Waals surface area contributed by atoms with E-state index in [4.69, 9.17) is 9.17 Å². The van der Waals surface area contributed by atoms with Crippen molar-refractivity contribution in [3.63, 3.8) is 0 Å². The van der Waals surface area contributed by atoms with Crippen LogP contribution in [0, 0.1) is 0 Å². The topological polar surface area (TPSA) is 82.0 Å². The number of rotatable bonds is 4. The van der Waals surface area contributed by atoms with E-state index in [0.717, 1.165) is 53.4 Å². The molecule has 1 aliphatic carbocycles. The second kappa shape index (κ2) is 7.77. The molecule has 1 aromatic carbocycles. The van der Waals surface area contributed by atoms with E-state index in [1.807, 2.05) is 0 Å². The van der Waals surface area contributed by atoms with Gasteiger partial charge < -0.3 is 4.18 Å². The molecule has 0 saturated heterocycles. The maximum absolute atomic E-state index is 13.0. The van der Waals surface area contributed by atoms with Crippen LogP contribution in [-0.4, -0.2) is 23.4 Å². The van der Waals surface area contributed by atoms with E-state index >= 15 is 0 Å². The van der Waals surface area contributed by atoms with Crippen molar-refractivity contribution in [2.24, 2.45) is 0 Å². The predicted molar refractivity (Wildman–Crippen MR) is 116 cm³/mol. The summed E-state index contributed by atoms with van der Waals surface area (Å²) in [6.45, 7) is 0. The van der Waals surface area contributed by atoms with Crippen molar-refractivity contribution in [2.45, 2.75) is 37.0 Å². The van der Waals surface area contributed by atoms with Gasteiger partial charge in [0.1, 0.15) is 9.73 Å². The third kappa shape index (κ3) is 3.57. The largest absolute Gasteiger partial charge is 0.357 e. The molecule has 30 heavy (non-hydrogen) atoms. The van der Waals surface area contributed by atoms with Gasteiger partial charge in [0.2, 0.25) is 5.88 Å². The second-order valence-electron chi connectivity index (χ2n) is 7.18. The molecular weight excluding hydrogens is 418 g/mol. The quantitative estimate of drug-likeness (QED) is 0.337. The number of aromatic nitrogens is 3. The van der Waals surface area contributed by atoms with Gasteiger partial charge in [-0.1, -0.05) is 24.6 Å². The maximum Gasteiger partial charge on any atom is 0.340 e. The standard InChI is InChI=1S/C22H19N3O3S2/c26-30(27,16-7-3-1-4-8-16)28-21-19-17-9-5-2-6-10-18(17)29-22(19)25-20(24-21)15-11-13-23-14-12-15/h1,3-4,7-8,11-14H,2,5-6,9-10H2. The number of thiophene rings is 1. The van der Waals surface area contributed by atoms with Gasteiger partial charge in [-0.2, -0.15) is 13.4 Å². The summed E-state index contributed by atoms with van der Waals surface area (Å²) in [6.07, 6.45) is 8.54. The Hall–Kier alpha value is -2.84. The Balaban J connectivity index is 1.70. The summed E-state index contributed by atoms with van der Waals surface area (Å²) in [5.74, 6) is 0.537. The first-order chi connectivity index (χ1) is 14.6. The van der Waals surface area contributed by atoms with Gasteiger partial charge in [0, 0.05) is 22.8 Å². The van der Waals surface area contributed by atoms with Gasteiger partial charge in [-0.3, -0.25) is 4.98 Å². The molecule has 3 heterocycles. The minimum atomic E-state index is -4.02. The molecule has 6 nitrogen and oxygen atoms in total. The fourth-order valence-electron chi connectivity index (χ4n) is 3.73. The van der Waals surface area contributed by atoms with Crippen LogP contribution in [0.3, 0.4) is 0 Å². The first-order valence-corrected chi connectivity index (χ1v) is 12.1. The molecule has 0 amide bonds. The average molecular weight is 438 g/mol. The Kier molecular flexibility index (Phi) is 4.96. The molecule has 3 aromatic heterocycles. The third-order valence-electron chi connectivity index (χ3n) is 5.19. The molecule has 8 heteroatoms. The summed E-state index contributed by atoms with van der Waals surface area (Å²) in [7, 11) is -4.02. The lowest BCUT2D eigenvalue weighted by molar-refractivity contribution is 0.479. The van der Waals surface area contributed by atoms with Crippen molar-refractivity contribution in [3.05, 3.63) is 65.3 Å². The molecule has 0 N–H and O–H groups in total. The van der Waals surface area contributed by atoms with E-state index in [-0.39, 0.29) is 10.8 Å². The van der Waals surface area contributed by atoms with E-state index in [1.54, 1.807) is 54.1 Å². The molecule has 0 bridgehead atoms. The fraction of sp³-hybridized carbons (Fsp3) is 0.227. The summed E-state index contributed by atoms with van der Waals surface area (Å²) in [5.41, 5.74) is 1.89. The first-order valence-electron chi connectivity index (χ1n) is 9.84. The molecule has 1 aliphatic rings. The monoisotopic (exact) mass is 437 g/mol. The molecule has 0 atom stereocenters. The van der Waals surface area contributed by atoms with Crippen LogP contribution in [0.1, 0.15) is 29.7 Å². The number of fused-ring (bicyclic) bond motifs is 3. The van der Waals surface area contributed by atoms with Crippen molar-refractivity contribution in [2.75, 3.05) is 0 Å². The lowest BCUT2D eigenvalue weighted by atomic mass is 10.1. The van der Waals surface area contributed by atoms with Crippen LogP contribution < -0.4 is 4.18 Å². The molecule has 0 fully saturated rings. The van der Waals surface area contributed by atoms with Crippen LogP contribution in [0.15, 0.2) is 59.8 Å². The smallest absolute Gasteiger partial charge is 0.340 e. The van der Waals surface area contributed by atoms with E-state index in [9.17, 15) is 8.42 Å². The van der Waals surface area contributed by atoms with Gasteiger partial charge in [-0.05, 0) is 55.5 Å². The third-order valence-corrected chi connectivity index (χ3v) is 7.60. The zero-order chi connectivity index (χ0) is 20.6. The molecule has 0 spiro atoms. The number of nitrogens with zero attached hydrogens (tertiary/aromatic N) is 3. The van der Waals surface area contributed by atoms with Crippen LogP contribution >= 0.6 is 11.3 Å². The van der Waals surface area contributed by atoms with Gasteiger partial charge in [0.15, 0.2) is 5.82 Å². The Morgan fingerprint density at radius 2 is 1.67 bits per heavy atom. The zero-order valence-electron chi connectivity index (χ0n) is 16.1. The highest BCUT2D eigenvalue weighted by Crippen LogP contribution is 2.40. The predicted octanol–water partition coefficient (Wildman–Crippen LogP) is 4.79. The summed E-state index contributed by atoms with van der Waals surface area (Å²) >= 11 is 1.62. The summed E-state index contributed by atoms with van der Waals surface area (Å²) in [5, 5.41) is 0.731. The van der Waals surface area contributed by atoms with Gasteiger partial charge in [0.25, 0.3) is 0 Å². The molecule has 4 aromatic rings. The molecule has 0 saturated carbocycles. The molecule has 152 valence electrons. The lowest BCUT2D eigenvalue weighted by Crippen LogP contribution is -2.11. The fourth-order valence-corrected chi connectivity index (χ4v) is 5.90. The summed E-state index contributed by atoms with van der Waals surface area (Å²) in [6, 6.07) is 11.7. The lowest BCUT2D eigenvalue weighted by Gasteiger charge is -2.10. The van der Waals surface area contributed by atoms with Gasteiger partial charge in [-0.25, -0.2) is 4.98 Å². The van der Waals surface area contributed by atoms with Crippen molar-refractivity contribution < 1.29 is 12.6 Å². The average Bonchev–Trinajstić information content (AvgIpc) is 2.96. The van der Waals surface area contributed by atoms with Crippen molar-refractivity contribution >= 4 is 31.7 Å². The number of pyridine rings is 1. The second-order valence-corrected chi connectivity index (χ2v) is 9.81. The van der Waals surface area contributed by atoms with Crippen molar-refractivity contribution in [1.29, 1.82) is 0 Å². The first kappa shape index (κ1) is 19.1. The summed E-state index contributed by atoms with van der Waals surface area (Å²) in [4.78, 5) is 15.5. The highest BCUT2D eigenvalue weighted by atomic mass is 32.2. The van der Waals surface area contributed by atoms with E-state index in [1.165, 1.54) is 17.0 Å². The molecule has 0 unspecified atom stereocenters. The van der Waals surface area contributed by atoms with E-state index in [0.29, 0.717) is 5.82 Å². The van der Waals surface area contributed by atoms with Gasteiger partial charge >= 0.3 is 10.1 Å². The van der Waals surface area contributed by atoms with Crippen LogP contribution in [0.5, 0.6) is 5.88 Å². The highest BCUT2D eigenvalue weighted by Gasteiger charge is 2.25. The SMILES string of the molecule is O=S(=O)(Oc1nc(-c2ccncc2)nc2sc3c(c12)CCCCC3)c1ccccc1. The maximum atomic E-state index is 13.0. The van der Waals surface area contributed by atoms with Crippen molar-refractivity contribution in [3.8, 4) is 17.3 Å². The van der Waals surface area contributed by atoms with Crippen LogP contribution in [0.2, 0.25) is 0 Å². The van der Waals surface area contributed by atoms with Crippen LogP contribution in [-0.2, 0) is 23.0 Å². The Labute approximate surface area is 178 Å². The Morgan fingerprint density at radius 1 is 0.900 bits per heavy atom. The highest BCUT2D eigenvalue weighted by molar-refractivity contribution is 7.87.